The van der Waals surface area contributed by atoms with Crippen LogP contribution in [-0.4, -0.2) is 12.6 Å². The first-order chi connectivity index (χ1) is 7.00. The molecule has 0 radical (unpaired) electrons. The molecular weight excluding hydrogens is 182 g/mol. The van der Waals surface area contributed by atoms with Gasteiger partial charge in [-0.05, 0) is 49.0 Å². The second-order valence-electron chi connectivity index (χ2n) is 6.66. The van der Waals surface area contributed by atoms with Crippen LogP contribution < -0.4 is 5.32 Å². The Morgan fingerprint density at radius 3 is 2.53 bits per heavy atom. The molecule has 0 aromatic rings. The molecule has 2 aliphatic rings. The lowest BCUT2D eigenvalue weighted by Crippen LogP contribution is -2.50. The third kappa shape index (κ3) is 1.73. The summed E-state index contributed by atoms with van der Waals surface area (Å²) in [6, 6.07) is 0.760. The predicted octanol–water partition coefficient (Wildman–Crippen LogP) is 3.59. The largest absolute Gasteiger partial charge is 0.313 e. The second kappa shape index (κ2) is 3.76. The lowest BCUT2D eigenvalue weighted by atomic mass is 9.68. The minimum Gasteiger partial charge on any atom is -0.313 e. The summed E-state index contributed by atoms with van der Waals surface area (Å²) in [6.45, 7) is 10.9. The first kappa shape index (κ1) is 11.4. The Balaban J connectivity index is 2.02. The highest BCUT2D eigenvalue weighted by Crippen LogP contribution is 2.62. The minimum atomic E-state index is 0.529. The van der Waals surface area contributed by atoms with Gasteiger partial charge in [0, 0.05) is 6.04 Å². The maximum absolute atomic E-state index is 3.84. The van der Waals surface area contributed by atoms with Crippen molar-refractivity contribution in [2.24, 2.45) is 16.7 Å². The minimum absolute atomic E-state index is 0.529. The fourth-order valence-corrected chi connectivity index (χ4v) is 4.23. The van der Waals surface area contributed by atoms with Gasteiger partial charge in [-0.15, -0.1) is 0 Å². The van der Waals surface area contributed by atoms with Gasteiger partial charge in [-0.1, -0.05) is 34.1 Å². The molecule has 2 saturated carbocycles. The molecule has 3 atom stereocenters. The zero-order valence-electron chi connectivity index (χ0n) is 10.9. The lowest BCUT2D eigenvalue weighted by Gasteiger charge is -2.43. The van der Waals surface area contributed by atoms with E-state index >= 15 is 0 Å². The molecule has 2 bridgehead atoms. The molecule has 0 aliphatic heterocycles. The van der Waals surface area contributed by atoms with E-state index in [1.165, 1.54) is 38.6 Å². The van der Waals surface area contributed by atoms with Gasteiger partial charge >= 0.3 is 0 Å². The van der Waals surface area contributed by atoms with Gasteiger partial charge in [0.15, 0.2) is 0 Å². The first-order valence-corrected chi connectivity index (χ1v) is 6.74. The maximum atomic E-state index is 3.84. The number of nitrogens with one attached hydrogen (secondary N) is 1. The SMILES string of the molecule is CCCCN[C@H]1C(C)(C)[C@@H]2CC[C@@]1(C)C2. The van der Waals surface area contributed by atoms with Crippen molar-refractivity contribution >= 4 is 0 Å². The molecule has 15 heavy (non-hydrogen) atoms. The summed E-state index contributed by atoms with van der Waals surface area (Å²) >= 11 is 0. The average molecular weight is 209 g/mol. The summed E-state index contributed by atoms with van der Waals surface area (Å²) in [6.07, 6.45) is 7.01. The van der Waals surface area contributed by atoms with E-state index in [9.17, 15) is 0 Å². The van der Waals surface area contributed by atoms with E-state index in [0.29, 0.717) is 10.8 Å². The monoisotopic (exact) mass is 209 g/mol. The normalized spacial score (nSPS) is 42.4. The van der Waals surface area contributed by atoms with Crippen LogP contribution in [0.2, 0.25) is 0 Å². The first-order valence-electron chi connectivity index (χ1n) is 6.74. The predicted molar refractivity (Wildman–Crippen MR) is 65.9 cm³/mol. The van der Waals surface area contributed by atoms with E-state index in [-0.39, 0.29) is 0 Å². The molecule has 0 aromatic heterocycles. The number of rotatable bonds is 4. The van der Waals surface area contributed by atoms with E-state index in [1.54, 1.807) is 0 Å². The number of hydrogen-bond acceptors (Lipinski definition) is 1. The Bertz CT molecular complexity index is 229. The maximum Gasteiger partial charge on any atom is 0.0175 e. The molecule has 88 valence electrons. The molecule has 2 rings (SSSR count). The molecule has 1 heteroatoms. The average Bonchev–Trinajstić information content (AvgIpc) is 2.62. The third-order valence-electron chi connectivity index (χ3n) is 5.15. The van der Waals surface area contributed by atoms with Crippen molar-refractivity contribution in [2.75, 3.05) is 6.54 Å². The summed E-state index contributed by atoms with van der Waals surface area (Å²) in [5, 5.41) is 3.84. The van der Waals surface area contributed by atoms with Crippen molar-refractivity contribution in [3.63, 3.8) is 0 Å². The molecule has 1 nitrogen and oxygen atoms in total. The Labute approximate surface area is 95.0 Å². The van der Waals surface area contributed by atoms with Gasteiger partial charge in [-0.3, -0.25) is 0 Å². The number of unbranched alkanes of at least 4 members (excludes halogenated alkanes) is 1. The van der Waals surface area contributed by atoms with Crippen LogP contribution >= 0.6 is 0 Å². The van der Waals surface area contributed by atoms with E-state index in [0.717, 1.165) is 12.0 Å². The van der Waals surface area contributed by atoms with Crippen molar-refractivity contribution < 1.29 is 0 Å². The van der Waals surface area contributed by atoms with Gasteiger partial charge in [0.2, 0.25) is 0 Å². The molecule has 0 amide bonds. The van der Waals surface area contributed by atoms with Crippen LogP contribution in [0.15, 0.2) is 0 Å². The van der Waals surface area contributed by atoms with Crippen LogP contribution in [-0.2, 0) is 0 Å². The highest BCUT2D eigenvalue weighted by molar-refractivity contribution is 5.11. The van der Waals surface area contributed by atoms with Crippen molar-refractivity contribution in [2.45, 2.75) is 65.8 Å². The number of fused-ring (bicyclic) bond motifs is 2. The zero-order valence-corrected chi connectivity index (χ0v) is 10.9. The Morgan fingerprint density at radius 1 is 1.27 bits per heavy atom. The molecular formula is C14H27N. The van der Waals surface area contributed by atoms with Crippen molar-refractivity contribution in [3.05, 3.63) is 0 Å². The molecule has 0 saturated heterocycles. The van der Waals surface area contributed by atoms with Gasteiger partial charge in [0.25, 0.3) is 0 Å². The van der Waals surface area contributed by atoms with Crippen LogP contribution in [0.5, 0.6) is 0 Å². The molecule has 0 aromatic carbocycles. The topological polar surface area (TPSA) is 12.0 Å². The zero-order chi connectivity index (χ0) is 11.1. The summed E-state index contributed by atoms with van der Waals surface area (Å²) in [5.74, 6) is 0.974. The quantitative estimate of drug-likeness (QED) is 0.698. The van der Waals surface area contributed by atoms with Gasteiger partial charge in [0.1, 0.15) is 0 Å². The van der Waals surface area contributed by atoms with Crippen LogP contribution in [0.25, 0.3) is 0 Å². The summed E-state index contributed by atoms with van der Waals surface area (Å²) in [7, 11) is 0. The standard InChI is InChI=1S/C14H27N/c1-5-6-9-15-12-13(2,3)11-7-8-14(12,4)10-11/h11-12,15H,5-10H2,1-4H3/t11-,12+,14+/m1/s1. The molecule has 1 N–H and O–H groups in total. The van der Waals surface area contributed by atoms with Gasteiger partial charge in [-0.25, -0.2) is 0 Å². The smallest absolute Gasteiger partial charge is 0.0175 e. The fourth-order valence-electron chi connectivity index (χ4n) is 4.23. The van der Waals surface area contributed by atoms with Gasteiger partial charge in [0.05, 0.1) is 0 Å². The van der Waals surface area contributed by atoms with Crippen molar-refractivity contribution in [1.29, 1.82) is 0 Å². The fraction of sp³-hybridized carbons (Fsp3) is 1.00. The van der Waals surface area contributed by atoms with Crippen LogP contribution in [0, 0.1) is 16.7 Å². The molecule has 0 heterocycles. The van der Waals surface area contributed by atoms with Gasteiger partial charge < -0.3 is 5.32 Å². The van der Waals surface area contributed by atoms with Crippen molar-refractivity contribution in [1.82, 2.24) is 5.32 Å². The van der Waals surface area contributed by atoms with Crippen molar-refractivity contribution in [3.8, 4) is 0 Å². The van der Waals surface area contributed by atoms with E-state index in [4.69, 9.17) is 0 Å². The van der Waals surface area contributed by atoms with E-state index in [2.05, 4.69) is 33.0 Å². The summed E-state index contributed by atoms with van der Waals surface area (Å²) in [5.41, 5.74) is 1.13. The Morgan fingerprint density at radius 2 is 2.00 bits per heavy atom. The molecule has 0 spiro atoms. The summed E-state index contributed by atoms with van der Waals surface area (Å²) in [4.78, 5) is 0. The van der Waals surface area contributed by atoms with E-state index in [1.807, 2.05) is 0 Å². The Hall–Kier alpha value is -0.0400. The van der Waals surface area contributed by atoms with Crippen LogP contribution in [0.3, 0.4) is 0 Å². The Kier molecular flexibility index (Phi) is 2.87. The highest BCUT2D eigenvalue weighted by Gasteiger charge is 2.58. The van der Waals surface area contributed by atoms with E-state index < -0.39 is 0 Å². The van der Waals surface area contributed by atoms with Crippen LogP contribution in [0.4, 0.5) is 0 Å². The molecule has 0 unspecified atom stereocenters. The highest BCUT2D eigenvalue weighted by atomic mass is 15.0. The van der Waals surface area contributed by atoms with Crippen LogP contribution in [0.1, 0.15) is 59.8 Å². The summed E-state index contributed by atoms with van der Waals surface area (Å²) < 4.78 is 0. The third-order valence-corrected chi connectivity index (χ3v) is 5.15. The molecule has 2 aliphatic carbocycles. The second-order valence-corrected chi connectivity index (χ2v) is 6.66. The molecule has 2 fully saturated rings. The van der Waals surface area contributed by atoms with Gasteiger partial charge in [-0.2, -0.15) is 0 Å². The number of hydrogen-bond donors (Lipinski definition) is 1. The lowest BCUT2D eigenvalue weighted by molar-refractivity contribution is 0.109.